The first-order valence-electron chi connectivity index (χ1n) is 8.40. The molecule has 2 aromatic carbocycles. The zero-order chi connectivity index (χ0) is 18.9. The van der Waals surface area contributed by atoms with E-state index in [0.717, 1.165) is 27.6 Å². The zero-order valence-electron chi connectivity index (χ0n) is 14.7. The summed E-state index contributed by atoms with van der Waals surface area (Å²) in [5.41, 5.74) is 5.28. The molecule has 0 saturated carbocycles. The average Bonchev–Trinajstić information content (AvgIpc) is 3.16. The highest BCUT2D eigenvalue weighted by atomic mass is 32.1. The Morgan fingerprint density at radius 2 is 2.07 bits per heavy atom. The molecule has 3 aromatic rings. The van der Waals surface area contributed by atoms with Crippen LogP contribution >= 0.6 is 11.3 Å². The van der Waals surface area contributed by atoms with Crippen molar-refractivity contribution in [2.75, 3.05) is 6.61 Å². The Morgan fingerprint density at radius 3 is 2.89 bits per heavy atom. The number of nitrogens with zero attached hydrogens (tertiary/aromatic N) is 2. The molecule has 0 fully saturated rings. The van der Waals surface area contributed by atoms with Gasteiger partial charge in [-0.25, -0.2) is 10.4 Å². The maximum Gasteiger partial charge on any atom is 0.246 e. The lowest BCUT2D eigenvalue weighted by Gasteiger charge is -2.03. The minimum atomic E-state index is -0.209. The van der Waals surface area contributed by atoms with E-state index in [9.17, 15) is 4.79 Å². The molecule has 136 valence electrons. The molecule has 1 N–H and O–H groups in total. The Hall–Kier alpha value is -3.25. The number of rotatable bonds is 8. The number of amides is 1. The van der Waals surface area contributed by atoms with Gasteiger partial charge in [0.25, 0.3) is 0 Å². The van der Waals surface area contributed by atoms with E-state index in [-0.39, 0.29) is 12.3 Å². The van der Waals surface area contributed by atoms with Crippen molar-refractivity contribution in [2.24, 2.45) is 5.10 Å². The molecule has 0 spiro atoms. The number of carbonyl (C=O) groups excluding carboxylic acids is 1. The summed E-state index contributed by atoms with van der Waals surface area (Å²) >= 11 is 1.46. The number of hydrogen-bond acceptors (Lipinski definition) is 5. The molecule has 1 heterocycles. The Labute approximate surface area is 162 Å². The first-order valence-corrected chi connectivity index (χ1v) is 9.28. The maximum absolute atomic E-state index is 12.1. The maximum atomic E-state index is 12.1. The summed E-state index contributed by atoms with van der Waals surface area (Å²) in [6.45, 7) is 4.06. The molecule has 27 heavy (non-hydrogen) atoms. The highest BCUT2D eigenvalue weighted by Crippen LogP contribution is 2.21. The van der Waals surface area contributed by atoms with Crippen LogP contribution in [-0.4, -0.2) is 23.7 Å². The lowest BCUT2D eigenvalue weighted by molar-refractivity contribution is -0.120. The topological polar surface area (TPSA) is 63.6 Å². The van der Waals surface area contributed by atoms with Crippen LogP contribution < -0.4 is 10.2 Å². The second kappa shape index (κ2) is 9.45. The quantitative estimate of drug-likeness (QED) is 0.366. The fourth-order valence-electron chi connectivity index (χ4n) is 2.33. The molecular formula is C21H19N3O2S. The smallest absolute Gasteiger partial charge is 0.246 e. The van der Waals surface area contributed by atoms with Gasteiger partial charge >= 0.3 is 0 Å². The number of benzene rings is 2. The molecule has 6 heteroatoms. The number of ether oxygens (including phenoxy) is 1. The van der Waals surface area contributed by atoms with Crippen LogP contribution in [0.5, 0.6) is 5.75 Å². The SMILES string of the molecule is C=CCOc1cccc(/C=N\NC(=O)Cc2nc(-c3ccccc3)cs2)c1. The molecule has 0 aliphatic rings. The van der Waals surface area contributed by atoms with Gasteiger partial charge in [0.2, 0.25) is 5.91 Å². The van der Waals surface area contributed by atoms with Crippen molar-refractivity contribution < 1.29 is 9.53 Å². The summed E-state index contributed by atoms with van der Waals surface area (Å²) in [5.74, 6) is 0.515. The van der Waals surface area contributed by atoms with Crippen LogP contribution in [-0.2, 0) is 11.2 Å². The predicted molar refractivity (Wildman–Crippen MR) is 109 cm³/mol. The third-order valence-electron chi connectivity index (χ3n) is 3.56. The van der Waals surface area contributed by atoms with Crippen LogP contribution in [0.25, 0.3) is 11.3 Å². The van der Waals surface area contributed by atoms with Gasteiger partial charge in [-0.15, -0.1) is 11.3 Å². The zero-order valence-corrected chi connectivity index (χ0v) is 15.5. The monoisotopic (exact) mass is 377 g/mol. The first-order chi connectivity index (χ1) is 13.2. The van der Waals surface area contributed by atoms with E-state index >= 15 is 0 Å². The van der Waals surface area contributed by atoms with Crippen molar-refractivity contribution in [3.05, 3.63) is 83.2 Å². The van der Waals surface area contributed by atoms with Gasteiger partial charge in [-0.3, -0.25) is 4.79 Å². The molecule has 5 nitrogen and oxygen atoms in total. The summed E-state index contributed by atoms with van der Waals surface area (Å²) in [6.07, 6.45) is 3.45. The largest absolute Gasteiger partial charge is 0.490 e. The van der Waals surface area contributed by atoms with Gasteiger partial charge in [0, 0.05) is 10.9 Å². The number of thiazole rings is 1. The van der Waals surface area contributed by atoms with Crippen LogP contribution in [0, 0.1) is 0 Å². The van der Waals surface area contributed by atoms with E-state index in [2.05, 4.69) is 22.1 Å². The molecule has 0 atom stereocenters. The number of carbonyl (C=O) groups is 1. The van der Waals surface area contributed by atoms with E-state index in [1.165, 1.54) is 11.3 Å². The lowest BCUT2D eigenvalue weighted by Crippen LogP contribution is -2.19. The molecule has 1 aromatic heterocycles. The summed E-state index contributed by atoms with van der Waals surface area (Å²) in [6, 6.07) is 17.3. The molecular weight excluding hydrogens is 358 g/mol. The van der Waals surface area contributed by atoms with Crippen molar-refractivity contribution in [2.45, 2.75) is 6.42 Å². The summed E-state index contributed by atoms with van der Waals surface area (Å²) in [5, 5.41) is 6.71. The average molecular weight is 377 g/mol. The normalized spacial score (nSPS) is 10.7. The molecule has 0 aliphatic heterocycles. The fourth-order valence-corrected chi connectivity index (χ4v) is 3.13. The van der Waals surface area contributed by atoms with Gasteiger partial charge in [-0.2, -0.15) is 5.10 Å². The molecule has 0 saturated heterocycles. The minimum absolute atomic E-state index is 0.192. The predicted octanol–water partition coefficient (Wildman–Crippen LogP) is 4.07. The van der Waals surface area contributed by atoms with E-state index in [0.29, 0.717) is 6.61 Å². The third-order valence-corrected chi connectivity index (χ3v) is 4.41. The third kappa shape index (κ3) is 5.62. The van der Waals surface area contributed by atoms with Gasteiger partial charge in [0.1, 0.15) is 17.4 Å². The summed E-state index contributed by atoms with van der Waals surface area (Å²) < 4.78 is 5.47. The van der Waals surface area contributed by atoms with Gasteiger partial charge in [0.05, 0.1) is 18.3 Å². The Balaban J connectivity index is 1.53. The molecule has 3 rings (SSSR count). The van der Waals surface area contributed by atoms with Gasteiger partial charge in [-0.05, 0) is 17.7 Å². The molecule has 0 bridgehead atoms. The molecule has 1 amide bonds. The van der Waals surface area contributed by atoms with Crippen LogP contribution in [0.2, 0.25) is 0 Å². The van der Waals surface area contributed by atoms with Crippen molar-refractivity contribution in [3.63, 3.8) is 0 Å². The fraction of sp³-hybridized carbons (Fsp3) is 0.0952. The van der Waals surface area contributed by atoms with Crippen molar-refractivity contribution >= 4 is 23.5 Å². The number of hydrazone groups is 1. The summed E-state index contributed by atoms with van der Waals surface area (Å²) in [7, 11) is 0. The van der Waals surface area contributed by atoms with Crippen LogP contribution in [0.3, 0.4) is 0 Å². The van der Waals surface area contributed by atoms with Crippen LogP contribution in [0.1, 0.15) is 10.6 Å². The second-order valence-corrected chi connectivity index (χ2v) is 6.58. The van der Waals surface area contributed by atoms with Crippen molar-refractivity contribution in [1.82, 2.24) is 10.4 Å². The molecule has 0 radical (unpaired) electrons. The first kappa shape index (κ1) is 18.5. The van der Waals surface area contributed by atoms with Crippen molar-refractivity contribution in [1.29, 1.82) is 0 Å². The highest BCUT2D eigenvalue weighted by molar-refractivity contribution is 7.10. The number of nitrogens with one attached hydrogen (secondary N) is 1. The van der Waals surface area contributed by atoms with Crippen LogP contribution in [0.4, 0.5) is 0 Å². The van der Waals surface area contributed by atoms with Gasteiger partial charge < -0.3 is 4.74 Å². The summed E-state index contributed by atoms with van der Waals surface area (Å²) in [4.78, 5) is 16.6. The lowest BCUT2D eigenvalue weighted by atomic mass is 10.2. The second-order valence-electron chi connectivity index (χ2n) is 5.63. The number of aromatic nitrogens is 1. The van der Waals surface area contributed by atoms with Gasteiger partial charge in [-0.1, -0.05) is 55.1 Å². The Kier molecular flexibility index (Phi) is 6.49. The highest BCUT2D eigenvalue weighted by Gasteiger charge is 2.08. The van der Waals surface area contributed by atoms with Crippen LogP contribution in [0.15, 0.2) is 77.7 Å². The minimum Gasteiger partial charge on any atom is -0.490 e. The van der Waals surface area contributed by atoms with Gasteiger partial charge in [0.15, 0.2) is 0 Å². The van der Waals surface area contributed by atoms with E-state index in [4.69, 9.17) is 4.74 Å². The molecule has 0 aliphatic carbocycles. The Bertz CT molecular complexity index is 935. The van der Waals surface area contributed by atoms with Crippen molar-refractivity contribution in [3.8, 4) is 17.0 Å². The Morgan fingerprint density at radius 1 is 1.22 bits per heavy atom. The standard InChI is InChI=1S/C21H19N3O2S/c1-2-11-26-18-10-6-7-16(12-18)14-22-24-20(25)13-21-23-19(15-27-21)17-8-4-3-5-9-17/h2-10,12,14-15H,1,11,13H2,(H,24,25)/b22-14-. The van der Waals surface area contributed by atoms with E-state index in [1.807, 2.05) is 60.0 Å². The van der Waals surface area contributed by atoms with E-state index < -0.39 is 0 Å². The van der Waals surface area contributed by atoms with E-state index in [1.54, 1.807) is 12.3 Å². The number of hydrogen-bond donors (Lipinski definition) is 1. The molecule has 0 unspecified atom stereocenters.